The summed E-state index contributed by atoms with van der Waals surface area (Å²) in [6.07, 6.45) is 11.1. The first-order valence-corrected chi connectivity index (χ1v) is 7.85. The van der Waals surface area contributed by atoms with E-state index in [1.165, 1.54) is 38.5 Å². The SMILES string of the molecule is C=CCN(C)C(CCCC)OC1CCC(NC)CC1. The van der Waals surface area contributed by atoms with Crippen LogP contribution >= 0.6 is 0 Å². The normalized spacial score (nSPS) is 25.5. The number of rotatable bonds is 9. The average molecular weight is 268 g/mol. The highest BCUT2D eigenvalue weighted by molar-refractivity contribution is 4.78. The maximum atomic E-state index is 6.35. The highest BCUT2D eigenvalue weighted by Crippen LogP contribution is 2.24. The molecule has 1 fully saturated rings. The van der Waals surface area contributed by atoms with Crippen molar-refractivity contribution in [2.75, 3.05) is 20.6 Å². The molecular weight excluding hydrogens is 236 g/mol. The Bertz CT molecular complexity index is 237. The molecule has 0 aliphatic heterocycles. The molecule has 1 atom stereocenters. The lowest BCUT2D eigenvalue weighted by atomic mass is 9.93. The largest absolute Gasteiger partial charge is 0.360 e. The highest BCUT2D eigenvalue weighted by Gasteiger charge is 2.24. The Hall–Kier alpha value is -0.380. The summed E-state index contributed by atoms with van der Waals surface area (Å²) in [5.41, 5.74) is 0. The molecule has 0 aromatic carbocycles. The summed E-state index contributed by atoms with van der Waals surface area (Å²) in [6, 6.07) is 0.694. The van der Waals surface area contributed by atoms with Gasteiger partial charge < -0.3 is 10.1 Å². The van der Waals surface area contributed by atoms with Crippen LogP contribution in [0.5, 0.6) is 0 Å². The number of nitrogens with zero attached hydrogens (tertiary/aromatic N) is 1. The molecule has 1 rings (SSSR count). The van der Waals surface area contributed by atoms with Gasteiger partial charge in [-0.25, -0.2) is 0 Å². The smallest absolute Gasteiger partial charge is 0.110 e. The van der Waals surface area contributed by atoms with E-state index in [0.29, 0.717) is 12.1 Å². The summed E-state index contributed by atoms with van der Waals surface area (Å²) in [6.45, 7) is 6.97. The summed E-state index contributed by atoms with van der Waals surface area (Å²) < 4.78 is 6.35. The zero-order chi connectivity index (χ0) is 14.1. The summed E-state index contributed by atoms with van der Waals surface area (Å²) in [7, 11) is 4.20. The number of hydrogen-bond donors (Lipinski definition) is 1. The van der Waals surface area contributed by atoms with Crippen LogP contribution in [0.2, 0.25) is 0 Å². The molecule has 1 aliphatic rings. The number of ether oxygens (including phenoxy) is 1. The fourth-order valence-corrected chi connectivity index (χ4v) is 2.80. The van der Waals surface area contributed by atoms with E-state index in [4.69, 9.17) is 4.74 Å². The van der Waals surface area contributed by atoms with Crippen molar-refractivity contribution in [2.45, 2.75) is 70.2 Å². The Balaban J connectivity index is 2.40. The maximum absolute atomic E-state index is 6.35. The molecule has 19 heavy (non-hydrogen) atoms. The third-order valence-electron chi connectivity index (χ3n) is 4.15. The van der Waals surface area contributed by atoms with Crippen molar-refractivity contribution in [2.24, 2.45) is 0 Å². The second kappa shape index (κ2) is 9.51. The second-order valence-corrected chi connectivity index (χ2v) is 5.72. The molecule has 1 unspecified atom stereocenters. The van der Waals surface area contributed by atoms with E-state index in [9.17, 15) is 0 Å². The zero-order valence-electron chi connectivity index (χ0n) is 13.0. The van der Waals surface area contributed by atoms with Crippen LogP contribution in [0.1, 0.15) is 51.9 Å². The van der Waals surface area contributed by atoms with Gasteiger partial charge in [0.1, 0.15) is 6.23 Å². The van der Waals surface area contributed by atoms with Gasteiger partial charge >= 0.3 is 0 Å². The molecule has 1 aliphatic carbocycles. The third kappa shape index (κ3) is 6.07. The standard InChI is InChI=1S/C16H32N2O/c1-5-7-8-16(18(4)13-6-2)19-15-11-9-14(17-3)10-12-15/h6,14-17H,2,5,7-13H2,1,3-4H3. The van der Waals surface area contributed by atoms with Crippen LogP contribution in [-0.2, 0) is 4.74 Å². The lowest BCUT2D eigenvalue weighted by Crippen LogP contribution is -2.40. The molecule has 0 radical (unpaired) electrons. The van der Waals surface area contributed by atoms with E-state index < -0.39 is 0 Å². The van der Waals surface area contributed by atoms with Crippen molar-refractivity contribution in [1.29, 1.82) is 0 Å². The third-order valence-corrected chi connectivity index (χ3v) is 4.15. The van der Waals surface area contributed by atoms with Gasteiger partial charge in [-0.05, 0) is 52.6 Å². The van der Waals surface area contributed by atoms with Gasteiger partial charge in [0, 0.05) is 12.6 Å². The maximum Gasteiger partial charge on any atom is 0.110 e. The van der Waals surface area contributed by atoms with Crippen molar-refractivity contribution < 1.29 is 4.74 Å². The van der Waals surface area contributed by atoms with Crippen LogP contribution in [-0.4, -0.2) is 43.9 Å². The lowest BCUT2D eigenvalue weighted by Gasteiger charge is -2.34. The first-order chi connectivity index (χ1) is 9.21. The minimum Gasteiger partial charge on any atom is -0.360 e. The molecule has 3 nitrogen and oxygen atoms in total. The van der Waals surface area contributed by atoms with Gasteiger partial charge in [0.05, 0.1) is 6.10 Å². The molecule has 0 saturated heterocycles. The van der Waals surface area contributed by atoms with Crippen molar-refractivity contribution in [1.82, 2.24) is 10.2 Å². The second-order valence-electron chi connectivity index (χ2n) is 5.72. The quantitative estimate of drug-likeness (QED) is 0.513. The van der Waals surface area contributed by atoms with Crippen molar-refractivity contribution >= 4 is 0 Å². The molecule has 0 heterocycles. The van der Waals surface area contributed by atoms with E-state index in [0.717, 1.165) is 13.0 Å². The van der Waals surface area contributed by atoms with Gasteiger partial charge in [-0.1, -0.05) is 19.4 Å². The van der Waals surface area contributed by atoms with Crippen molar-refractivity contribution in [3.05, 3.63) is 12.7 Å². The van der Waals surface area contributed by atoms with Crippen LogP contribution in [0.4, 0.5) is 0 Å². The topological polar surface area (TPSA) is 24.5 Å². The molecule has 0 aromatic rings. The fraction of sp³-hybridized carbons (Fsp3) is 0.875. The molecular formula is C16H32N2O. The summed E-state index contributed by atoms with van der Waals surface area (Å²) >= 11 is 0. The number of hydrogen-bond acceptors (Lipinski definition) is 3. The van der Waals surface area contributed by atoms with Gasteiger partial charge in [0.25, 0.3) is 0 Å². The summed E-state index contributed by atoms with van der Waals surface area (Å²) in [4.78, 5) is 2.28. The van der Waals surface area contributed by atoms with E-state index in [2.05, 4.69) is 37.8 Å². The van der Waals surface area contributed by atoms with Crippen LogP contribution in [0.3, 0.4) is 0 Å². The van der Waals surface area contributed by atoms with Crippen LogP contribution in [0.15, 0.2) is 12.7 Å². The van der Waals surface area contributed by atoms with Crippen molar-refractivity contribution in [3.8, 4) is 0 Å². The number of unbranched alkanes of at least 4 members (excludes halogenated alkanes) is 1. The van der Waals surface area contributed by atoms with E-state index in [1.54, 1.807) is 0 Å². The Morgan fingerprint density at radius 1 is 1.37 bits per heavy atom. The molecule has 0 aromatic heterocycles. The van der Waals surface area contributed by atoms with Gasteiger partial charge in [0.2, 0.25) is 0 Å². The molecule has 0 bridgehead atoms. The Labute approximate surface area is 119 Å². The van der Waals surface area contributed by atoms with Gasteiger partial charge in [-0.15, -0.1) is 6.58 Å². The van der Waals surface area contributed by atoms with Gasteiger partial charge in [-0.2, -0.15) is 0 Å². The minimum absolute atomic E-state index is 0.258. The average Bonchev–Trinajstić information content (AvgIpc) is 2.44. The minimum atomic E-state index is 0.258. The van der Waals surface area contributed by atoms with E-state index >= 15 is 0 Å². The van der Waals surface area contributed by atoms with Crippen molar-refractivity contribution in [3.63, 3.8) is 0 Å². The Morgan fingerprint density at radius 3 is 2.58 bits per heavy atom. The fourth-order valence-electron chi connectivity index (χ4n) is 2.80. The first-order valence-electron chi connectivity index (χ1n) is 7.85. The molecule has 0 spiro atoms. The predicted molar refractivity (Wildman–Crippen MR) is 82.3 cm³/mol. The predicted octanol–water partition coefficient (Wildman–Crippen LogP) is 3.17. The Kier molecular flexibility index (Phi) is 8.35. The monoisotopic (exact) mass is 268 g/mol. The highest BCUT2D eigenvalue weighted by atomic mass is 16.5. The lowest BCUT2D eigenvalue weighted by molar-refractivity contribution is -0.103. The van der Waals surface area contributed by atoms with E-state index in [1.807, 2.05) is 6.08 Å². The molecule has 112 valence electrons. The molecule has 1 saturated carbocycles. The van der Waals surface area contributed by atoms with Crippen LogP contribution in [0, 0.1) is 0 Å². The molecule has 0 amide bonds. The van der Waals surface area contributed by atoms with E-state index in [-0.39, 0.29) is 6.23 Å². The molecule has 3 heteroatoms. The van der Waals surface area contributed by atoms with Crippen LogP contribution < -0.4 is 5.32 Å². The zero-order valence-corrected chi connectivity index (χ0v) is 13.0. The van der Waals surface area contributed by atoms with Gasteiger partial charge in [-0.3, -0.25) is 4.90 Å². The van der Waals surface area contributed by atoms with Crippen LogP contribution in [0.25, 0.3) is 0 Å². The molecule has 1 N–H and O–H groups in total. The summed E-state index contributed by atoms with van der Waals surface area (Å²) in [5, 5.41) is 3.38. The number of likely N-dealkylation sites (N-methyl/N-ethyl adjacent to an activating group) is 1. The van der Waals surface area contributed by atoms with Gasteiger partial charge in [0.15, 0.2) is 0 Å². The number of nitrogens with one attached hydrogen (secondary N) is 1. The first kappa shape index (κ1) is 16.7. The summed E-state index contributed by atoms with van der Waals surface area (Å²) in [5.74, 6) is 0. The Morgan fingerprint density at radius 2 is 2.05 bits per heavy atom.